The Hall–Kier alpha value is -1.64. The third kappa shape index (κ3) is 3.52. The first-order valence-corrected chi connectivity index (χ1v) is 5.29. The van der Waals surface area contributed by atoms with Crippen molar-refractivity contribution < 1.29 is 35.9 Å². The molecule has 0 bridgehead atoms. The first-order valence-electron chi connectivity index (χ1n) is 5.29. The van der Waals surface area contributed by atoms with Crippen molar-refractivity contribution in [2.45, 2.75) is 18.1 Å². The van der Waals surface area contributed by atoms with E-state index < -0.39 is 47.8 Å². The predicted molar refractivity (Wildman–Crippen MR) is 60.8 cm³/mol. The number of alkyl halides is 5. The Balaban J connectivity index is 0.00000220. The number of cyclic esters (lactones) is 1. The highest BCUT2D eigenvalue weighted by atomic mass is 35.5. The molecule has 1 aliphatic rings. The maximum atomic E-state index is 13.5. The molecular weight excluding hydrogens is 328 g/mol. The van der Waals surface area contributed by atoms with Gasteiger partial charge in [0.2, 0.25) is 0 Å². The van der Waals surface area contributed by atoms with Gasteiger partial charge in [0.25, 0.3) is 0 Å². The standard InChI is InChI=1S/C11H7F6NO2.ClH/c12-7-2-1-5(3-6(7)11(15,16)17)8-10(13,14)4-20-9(19)18-8;/h1-3,8H,4H2,(H,18,19);1H/t8-;/m0./s1. The summed E-state index contributed by atoms with van der Waals surface area (Å²) in [5.41, 5.74) is -2.23. The molecule has 3 nitrogen and oxygen atoms in total. The van der Waals surface area contributed by atoms with Crippen molar-refractivity contribution >= 4 is 18.5 Å². The van der Waals surface area contributed by atoms with Crippen LogP contribution in [-0.4, -0.2) is 18.6 Å². The fraction of sp³-hybridized carbons (Fsp3) is 0.364. The predicted octanol–water partition coefficient (Wildman–Crippen LogP) is 3.68. The third-order valence-corrected chi connectivity index (χ3v) is 2.71. The second kappa shape index (κ2) is 5.63. The zero-order chi connectivity index (χ0) is 15.1. The summed E-state index contributed by atoms with van der Waals surface area (Å²) in [5, 5.41) is 1.72. The Morgan fingerprint density at radius 2 is 1.90 bits per heavy atom. The minimum Gasteiger partial charge on any atom is -0.443 e. The highest BCUT2D eigenvalue weighted by Gasteiger charge is 2.47. The van der Waals surface area contributed by atoms with E-state index in [0.717, 1.165) is 6.07 Å². The van der Waals surface area contributed by atoms with Crippen LogP contribution in [0.15, 0.2) is 18.2 Å². The molecule has 0 radical (unpaired) electrons. The number of nitrogens with one attached hydrogen (secondary N) is 1. The number of hydrogen-bond donors (Lipinski definition) is 1. The number of amides is 1. The van der Waals surface area contributed by atoms with Crippen LogP contribution in [-0.2, 0) is 10.9 Å². The average molecular weight is 336 g/mol. The van der Waals surface area contributed by atoms with E-state index in [0.29, 0.717) is 6.07 Å². The second-order valence-electron chi connectivity index (χ2n) is 4.15. The van der Waals surface area contributed by atoms with Gasteiger partial charge in [-0.3, -0.25) is 0 Å². The summed E-state index contributed by atoms with van der Waals surface area (Å²) in [6.45, 7) is -1.26. The van der Waals surface area contributed by atoms with Crippen LogP contribution in [0.2, 0.25) is 0 Å². The van der Waals surface area contributed by atoms with Gasteiger partial charge in [0.15, 0.2) is 6.61 Å². The Morgan fingerprint density at radius 1 is 1.29 bits per heavy atom. The van der Waals surface area contributed by atoms with E-state index in [2.05, 4.69) is 4.74 Å². The Morgan fingerprint density at radius 3 is 2.48 bits per heavy atom. The molecular formula is C11H8ClF6NO2. The van der Waals surface area contributed by atoms with Crippen molar-refractivity contribution in [3.05, 3.63) is 35.1 Å². The lowest BCUT2D eigenvalue weighted by atomic mass is 9.97. The summed E-state index contributed by atoms with van der Waals surface area (Å²) < 4.78 is 81.8. The van der Waals surface area contributed by atoms with Crippen LogP contribution in [0, 0.1) is 5.82 Å². The minimum atomic E-state index is -5.02. The van der Waals surface area contributed by atoms with Gasteiger partial charge in [-0.15, -0.1) is 12.4 Å². The lowest BCUT2D eigenvalue weighted by Crippen LogP contribution is -2.49. The van der Waals surface area contributed by atoms with E-state index in [1.165, 1.54) is 0 Å². The highest BCUT2D eigenvalue weighted by Crippen LogP contribution is 2.38. The average Bonchev–Trinajstić information content (AvgIpc) is 2.32. The van der Waals surface area contributed by atoms with Crippen molar-refractivity contribution in [2.24, 2.45) is 0 Å². The molecule has 0 spiro atoms. The minimum absolute atomic E-state index is 0. The van der Waals surface area contributed by atoms with Crippen LogP contribution < -0.4 is 5.32 Å². The van der Waals surface area contributed by atoms with Crippen LogP contribution in [0.4, 0.5) is 31.1 Å². The lowest BCUT2D eigenvalue weighted by Gasteiger charge is -2.32. The number of benzene rings is 1. The number of ether oxygens (including phenoxy) is 1. The molecule has 21 heavy (non-hydrogen) atoms. The molecule has 10 heteroatoms. The van der Waals surface area contributed by atoms with Crippen LogP contribution >= 0.6 is 12.4 Å². The maximum absolute atomic E-state index is 13.5. The highest BCUT2D eigenvalue weighted by molar-refractivity contribution is 5.85. The quantitative estimate of drug-likeness (QED) is 0.795. The number of alkyl carbamates (subject to hydrolysis) is 1. The van der Waals surface area contributed by atoms with Gasteiger partial charge in [-0.1, -0.05) is 6.07 Å². The fourth-order valence-corrected chi connectivity index (χ4v) is 1.78. The molecule has 1 aromatic carbocycles. The summed E-state index contributed by atoms with van der Waals surface area (Å²) in [7, 11) is 0. The molecule has 0 aliphatic carbocycles. The van der Waals surface area contributed by atoms with Gasteiger partial charge in [0.05, 0.1) is 5.56 Å². The number of carbonyl (C=O) groups is 1. The van der Waals surface area contributed by atoms with Gasteiger partial charge >= 0.3 is 18.2 Å². The van der Waals surface area contributed by atoms with Crippen LogP contribution in [0.5, 0.6) is 0 Å². The fourth-order valence-electron chi connectivity index (χ4n) is 1.78. The number of hydrogen-bond acceptors (Lipinski definition) is 2. The second-order valence-corrected chi connectivity index (χ2v) is 4.15. The summed E-state index contributed by atoms with van der Waals surface area (Å²) in [6.07, 6.45) is -6.20. The first kappa shape index (κ1) is 17.4. The number of halogens is 7. The molecule has 1 aliphatic heterocycles. The van der Waals surface area contributed by atoms with E-state index >= 15 is 0 Å². The summed E-state index contributed by atoms with van der Waals surface area (Å²) in [6, 6.07) is -0.574. The van der Waals surface area contributed by atoms with E-state index in [1.807, 2.05) is 0 Å². The Labute approximate surface area is 120 Å². The van der Waals surface area contributed by atoms with Crippen LogP contribution in [0.25, 0.3) is 0 Å². The lowest BCUT2D eigenvalue weighted by molar-refractivity contribution is -0.140. The molecule has 1 atom stereocenters. The molecule has 1 saturated heterocycles. The number of rotatable bonds is 1. The van der Waals surface area contributed by atoms with Crippen molar-refractivity contribution in [1.82, 2.24) is 5.32 Å². The zero-order valence-electron chi connectivity index (χ0n) is 10.0. The number of carbonyl (C=O) groups excluding carboxylic acids is 1. The summed E-state index contributed by atoms with van der Waals surface area (Å²) in [5.74, 6) is -5.18. The van der Waals surface area contributed by atoms with Crippen molar-refractivity contribution in [2.75, 3.05) is 6.61 Å². The Kier molecular flexibility index (Phi) is 4.66. The molecule has 1 amide bonds. The zero-order valence-corrected chi connectivity index (χ0v) is 10.8. The van der Waals surface area contributed by atoms with Gasteiger partial charge < -0.3 is 10.1 Å². The van der Waals surface area contributed by atoms with Crippen LogP contribution in [0.1, 0.15) is 17.2 Å². The Bertz CT molecular complexity index is 548. The molecule has 0 unspecified atom stereocenters. The van der Waals surface area contributed by atoms with Gasteiger partial charge in [-0.2, -0.15) is 13.2 Å². The summed E-state index contributed by atoms with van der Waals surface area (Å²) >= 11 is 0. The molecule has 0 saturated carbocycles. The van der Waals surface area contributed by atoms with E-state index in [9.17, 15) is 31.1 Å². The molecule has 1 aromatic rings. The molecule has 1 heterocycles. The molecule has 0 aromatic heterocycles. The SMILES string of the molecule is Cl.O=C1N[C@@H](c2ccc(F)c(C(F)(F)F)c2)C(F)(F)CO1. The van der Waals surface area contributed by atoms with Crippen molar-refractivity contribution in [3.8, 4) is 0 Å². The summed E-state index contributed by atoms with van der Waals surface area (Å²) in [4.78, 5) is 10.9. The van der Waals surface area contributed by atoms with Gasteiger partial charge in [-0.05, 0) is 17.7 Å². The van der Waals surface area contributed by atoms with E-state index in [-0.39, 0.29) is 18.5 Å². The first-order chi connectivity index (χ1) is 9.11. The molecule has 118 valence electrons. The normalized spacial score (nSPS) is 21.0. The van der Waals surface area contributed by atoms with Crippen LogP contribution in [0.3, 0.4) is 0 Å². The molecule has 2 rings (SSSR count). The molecule has 1 N–H and O–H groups in total. The maximum Gasteiger partial charge on any atom is 0.419 e. The van der Waals surface area contributed by atoms with E-state index in [1.54, 1.807) is 5.32 Å². The van der Waals surface area contributed by atoms with E-state index in [4.69, 9.17) is 0 Å². The van der Waals surface area contributed by atoms with Gasteiger partial charge in [0.1, 0.15) is 11.9 Å². The van der Waals surface area contributed by atoms with Gasteiger partial charge in [-0.25, -0.2) is 18.0 Å². The largest absolute Gasteiger partial charge is 0.443 e. The van der Waals surface area contributed by atoms with Crippen molar-refractivity contribution in [3.63, 3.8) is 0 Å². The molecule has 1 fully saturated rings. The monoisotopic (exact) mass is 335 g/mol. The topological polar surface area (TPSA) is 38.3 Å². The van der Waals surface area contributed by atoms with Crippen molar-refractivity contribution in [1.29, 1.82) is 0 Å². The smallest absolute Gasteiger partial charge is 0.419 e. The van der Waals surface area contributed by atoms with Gasteiger partial charge in [0, 0.05) is 0 Å². The third-order valence-electron chi connectivity index (χ3n) is 2.71.